The monoisotopic (exact) mass is 403 g/mol. The first-order valence-corrected chi connectivity index (χ1v) is 10.2. The van der Waals surface area contributed by atoms with E-state index in [1.807, 2.05) is 0 Å². The lowest BCUT2D eigenvalue weighted by molar-refractivity contribution is 0.0220. The second-order valence-electron chi connectivity index (χ2n) is 7.04. The van der Waals surface area contributed by atoms with Crippen molar-refractivity contribution < 1.29 is 13.5 Å². The van der Waals surface area contributed by atoms with Gasteiger partial charge in [-0.1, -0.05) is 0 Å². The summed E-state index contributed by atoms with van der Waals surface area (Å²) in [5, 5.41) is 6.63. The van der Waals surface area contributed by atoms with E-state index in [0.29, 0.717) is 24.9 Å². The molecule has 0 spiro atoms. The summed E-state index contributed by atoms with van der Waals surface area (Å²) in [6.45, 7) is 9.98. The summed E-state index contributed by atoms with van der Waals surface area (Å²) in [5.74, 6) is 1.03. The van der Waals surface area contributed by atoms with Crippen molar-refractivity contribution in [3.05, 3.63) is 42.0 Å². The molecular formula is C21H30FN5O2. The van der Waals surface area contributed by atoms with Crippen LogP contribution in [0.2, 0.25) is 0 Å². The van der Waals surface area contributed by atoms with Crippen LogP contribution in [0, 0.1) is 5.82 Å². The molecule has 2 heterocycles. The zero-order chi connectivity index (χ0) is 20.5. The van der Waals surface area contributed by atoms with Crippen LogP contribution in [0.4, 0.5) is 4.39 Å². The van der Waals surface area contributed by atoms with Crippen LogP contribution in [-0.4, -0.2) is 67.8 Å². The van der Waals surface area contributed by atoms with E-state index < -0.39 is 0 Å². The molecule has 0 aliphatic carbocycles. The molecule has 2 N–H and O–H groups in total. The number of nitrogens with one attached hydrogen (secondary N) is 2. The summed E-state index contributed by atoms with van der Waals surface area (Å²) in [4.78, 5) is 11.6. The number of aromatic nitrogens is 1. The van der Waals surface area contributed by atoms with Crippen LogP contribution in [0.25, 0.3) is 11.5 Å². The lowest BCUT2D eigenvalue weighted by atomic mass is 10.2. The fraction of sp³-hybridized carbons (Fsp3) is 0.524. The molecule has 0 radical (unpaired) electrons. The quantitative estimate of drug-likeness (QED) is 0.520. The topological polar surface area (TPSA) is 74.9 Å². The van der Waals surface area contributed by atoms with Gasteiger partial charge in [0.2, 0.25) is 5.89 Å². The molecule has 0 saturated carbocycles. The maximum absolute atomic E-state index is 13.0. The van der Waals surface area contributed by atoms with Gasteiger partial charge in [-0.25, -0.2) is 9.37 Å². The fourth-order valence-electron chi connectivity index (χ4n) is 3.15. The van der Waals surface area contributed by atoms with Gasteiger partial charge in [0, 0.05) is 44.2 Å². The molecule has 1 aromatic carbocycles. The summed E-state index contributed by atoms with van der Waals surface area (Å²) in [7, 11) is 0. The van der Waals surface area contributed by atoms with Gasteiger partial charge in [0.1, 0.15) is 12.1 Å². The summed E-state index contributed by atoms with van der Waals surface area (Å²) in [6, 6.07) is 6.50. The molecule has 1 aliphatic heterocycles. The second kappa shape index (κ2) is 10.9. The Morgan fingerprint density at radius 1 is 1.24 bits per heavy atom. The maximum atomic E-state index is 13.0. The van der Waals surface area contributed by atoms with E-state index in [9.17, 15) is 4.39 Å². The number of hydrogen-bond acceptors (Lipinski definition) is 5. The molecule has 8 heteroatoms. The predicted octanol–water partition coefficient (Wildman–Crippen LogP) is 2.30. The van der Waals surface area contributed by atoms with Gasteiger partial charge >= 0.3 is 0 Å². The number of benzene rings is 1. The van der Waals surface area contributed by atoms with Gasteiger partial charge in [-0.05, 0) is 38.1 Å². The van der Waals surface area contributed by atoms with Gasteiger partial charge in [0.25, 0.3) is 0 Å². The van der Waals surface area contributed by atoms with Crippen LogP contribution in [-0.2, 0) is 11.2 Å². The molecule has 1 aliphatic rings. The van der Waals surface area contributed by atoms with Crippen LogP contribution in [0.3, 0.4) is 0 Å². The normalized spacial score (nSPS) is 16.6. The van der Waals surface area contributed by atoms with Gasteiger partial charge in [-0.2, -0.15) is 0 Å². The minimum atomic E-state index is -0.275. The van der Waals surface area contributed by atoms with E-state index in [1.54, 1.807) is 18.4 Å². The van der Waals surface area contributed by atoms with E-state index >= 15 is 0 Å². The molecule has 1 atom stereocenters. The van der Waals surface area contributed by atoms with Crippen molar-refractivity contribution in [1.82, 2.24) is 20.5 Å². The first-order valence-electron chi connectivity index (χ1n) is 10.2. The largest absolute Gasteiger partial charge is 0.444 e. The number of guanidine groups is 1. The first kappa shape index (κ1) is 21.3. The summed E-state index contributed by atoms with van der Waals surface area (Å²) in [6.07, 6.45) is 2.35. The fourth-order valence-corrected chi connectivity index (χ4v) is 3.15. The van der Waals surface area contributed by atoms with Gasteiger partial charge in [-0.15, -0.1) is 0 Å². The van der Waals surface area contributed by atoms with E-state index in [1.165, 1.54) is 12.1 Å². The Labute approximate surface area is 171 Å². The molecule has 158 valence electrons. The van der Waals surface area contributed by atoms with Crippen LogP contribution in [0.5, 0.6) is 0 Å². The van der Waals surface area contributed by atoms with Crippen molar-refractivity contribution in [3.63, 3.8) is 0 Å². The molecule has 0 bridgehead atoms. The molecule has 0 amide bonds. The van der Waals surface area contributed by atoms with Crippen LogP contribution < -0.4 is 10.6 Å². The molecule has 2 aromatic rings. The molecule has 29 heavy (non-hydrogen) atoms. The first-order chi connectivity index (χ1) is 14.2. The summed E-state index contributed by atoms with van der Waals surface area (Å²) < 4.78 is 24.0. The van der Waals surface area contributed by atoms with E-state index in [0.717, 1.165) is 56.6 Å². The highest BCUT2D eigenvalue weighted by Crippen LogP contribution is 2.18. The third-order valence-electron chi connectivity index (χ3n) is 4.84. The summed E-state index contributed by atoms with van der Waals surface area (Å²) >= 11 is 0. The molecule has 1 fully saturated rings. The Kier molecular flexibility index (Phi) is 8.01. The number of halogens is 1. The summed E-state index contributed by atoms with van der Waals surface area (Å²) in [5.41, 5.74) is 1.60. The van der Waals surface area contributed by atoms with Crippen LogP contribution in [0.1, 0.15) is 19.5 Å². The van der Waals surface area contributed by atoms with Crippen molar-refractivity contribution in [3.8, 4) is 11.5 Å². The standard InChI is InChI=1S/C21H30FN5O2/c1-3-23-21(25-14-16(2)27-10-12-28-13-11-27)24-9-8-19-15-29-20(26-19)17-4-6-18(22)7-5-17/h4-7,15-16H,3,8-14H2,1-2H3,(H2,23,24,25). The number of rotatable bonds is 8. The van der Waals surface area contributed by atoms with E-state index in [4.69, 9.17) is 14.1 Å². The molecular weight excluding hydrogens is 373 g/mol. The van der Waals surface area contributed by atoms with Crippen molar-refractivity contribution in [1.29, 1.82) is 0 Å². The van der Waals surface area contributed by atoms with Crippen molar-refractivity contribution in [2.24, 2.45) is 4.99 Å². The average molecular weight is 404 g/mol. The Bertz CT molecular complexity index is 772. The van der Waals surface area contributed by atoms with Gasteiger partial charge in [0.05, 0.1) is 25.5 Å². The second-order valence-corrected chi connectivity index (χ2v) is 7.04. The Balaban J connectivity index is 1.48. The number of aliphatic imine (C=N–C) groups is 1. The van der Waals surface area contributed by atoms with Crippen molar-refractivity contribution in [2.75, 3.05) is 45.9 Å². The molecule has 3 rings (SSSR count). The number of morpholine rings is 1. The Morgan fingerprint density at radius 2 is 2.00 bits per heavy atom. The molecule has 7 nitrogen and oxygen atoms in total. The number of hydrogen-bond donors (Lipinski definition) is 2. The molecule has 1 unspecified atom stereocenters. The zero-order valence-electron chi connectivity index (χ0n) is 17.2. The van der Waals surface area contributed by atoms with Gasteiger partial charge in [0.15, 0.2) is 5.96 Å². The minimum Gasteiger partial charge on any atom is -0.444 e. The number of ether oxygens (including phenoxy) is 1. The number of oxazole rings is 1. The smallest absolute Gasteiger partial charge is 0.226 e. The molecule has 1 saturated heterocycles. The lowest BCUT2D eigenvalue weighted by Crippen LogP contribution is -2.44. The predicted molar refractivity (Wildman–Crippen MR) is 111 cm³/mol. The Hall–Kier alpha value is -2.45. The van der Waals surface area contributed by atoms with E-state index in [-0.39, 0.29) is 5.82 Å². The molecule has 1 aromatic heterocycles. The van der Waals surface area contributed by atoms with Crippen molar-refractivity contribution >= 4 is 5.96 Å². The zero-order valence-corrected chi connectivity index (χ0v) is 17.2. The van der Waals surface area contributed by atoms with Gasteiger partial charge < -0.3 is 19.8 Å². The highest BCUT2D eigenvalue weighted by atomic mass is 19.1. The highest BCUT2D eigenvalue weighted by Gasteiger charge is 2.16. The third kappa shape index (κ3) is 6.54. The average Bonchev–Trinajstić information content (AvgIpc) is 3.22. The van der Waals surface area contributed by atoms with Crippen LogP contribution in [0.15, 0.2) is 39.9 Å². The third-order valence-corrected chi connectivity index (χ3v) is 4.84. The highest BCUT2D eigenvalue weighted by molar-refractivity contribution is 5.79. The lowest BCUT2D eigenvalue weighted by Gasteiger charge is -2.31. The maximum Gasteiger partial charge on any atom is 0.226 e. The SMILES string of the molecule is CCNC(=NCC(C)N1CCOCC1)NCCc1coc(-c2ccc(F)cc2)n1. The minimum absolute atomic E-state index is 0.275. The van der Waals surface area contributed by atoms with Gasteiger partial charge in [-0.3, -0.25) is 9.89 Å². The Morgan fingerprint density at radius 3 is 2.72 bits per heavy atom. The van der Waals surface area contributed by atoms with E-state index in [2.05, 4.69) is 34.4 Å². The van der Waals surface area contributed by atoms with Crippen LogP contribution >= 0.6 is 0 Å². The number of nitrogens with zero attached hydrogens (tertiary/aromatic N) is 3. The van der Waals surface area contributed by atoms with Crippen molar-refractivity contribution in [2.45, 2.75) is 26.3 Å².